The minimum Gasteiger partial charge on any atom is -0.368 e. The maximum absolute atomic E-state index is 12.3. The van der Waals surface area contributed by atoms with E-state index in [0.717, 1.165) is 16.7 Å². The molecule has 2 N–H and O–H groups in total. The molecule has 1 saturated heterocycles. The van der Waals surface area contributed by atoms with Gasteiger partial charge in [-0.1, -0.05) is 0 Å². The Hall–Kier alpha value is -1.25. The van der Waals surface area contributed by atoms with Crippen LogP contribution in [-0.4, -0.2) is 41.2 Å². The van der Waals surface area contributed by atoms with Gasteiger partial charge in [-0.05, 0) is 24.4 Å². The van der Waals surface area contributed by atoms with E-state index in [1.54, 1.807) is 0 Å². The molecule has 2 rings (SSSR count). The summed E-state index contributed by atoms with van der Waals surface area (Å²) >= 11 is 5.50. The van der Waals surface area contributed by atoms with Crippen molar-refractivity contribution < 1.29 is 13.2 Å². The number of hydrogen-bond donors (Lipinski definition) is 1. The lowest BCUT2D eigenvalue weighted by atomic mass is 10.2. The normalized spacial score (nSPS) is 21.1. The molecule has 0 radical (unpaired) electrons. The Morgan fingerprint density at radius 1 is 1.44 bits per heavy atom. The van der Waals surface area contributed by atoms with Gasteiger partial charge in [0.25, 0.3) is 0 Å². The summed E-state index contributed by atoms with van der Waals surface area (Å²) in [5, 5.41) is -0.0400. The summed E-state index contributed by atoms with van der Waals surface area (Å²) in [5.74, 6) is -0.647. The summed E-state index contributed by atoms with van der Waals surface area (Å²) in [6.07, 6.45) is 3.26. The molecule has 1 aliphatic heterocycles. The molecule has 1 atom stereocenters. The van der Waals surface area contributed by atoms with Crippen LogP contribution in [0.1, 0.15) is 12.8 Å². The molecule has 18 heavy (non-hydrogen) atoms. The number of primary amides is 1. The van der Waals surface area contributed by atoms with Gasteiger partial charge in [-0.2, -0.15) is 4.31 Å². The maximum atomic E-state index is 12.3. The summed E-state index contributed by atoms with van der Waals surface area (Å²) in [4.78, 5) is 18.3. The van der Waals surface area contributed by atoms with E-state index in [1.165, 1.54) is 0 Å². The monoisotopic (exact) mass is 290 g/mol. The van der Waals surface area contributed by atoms with E-state index in [2.05, 4.69) is 9.97 Å². The van der Waals surface area contributed by atoms with E-state index >= 15 is 0 Å². The van der Waals surface area contributed by atoms with Crippen molar-refractivity contribution in [1.29, 1.82) is 0 Å². The standard InChI is InChI=1S/C9H11ClN4O3S/c10-9-12-4-6(5-13-9)18(16,17)14-3-1-2-7(14)8(11)15/h4-5,7H,1-3H2,(H2,11,15). The van der Waals surface area contributed by atoms with Crippen LogP contribution in [0.3, 0.4) is 0 Å². The number of carbonyl (C=O) groups excluding carboxylic acids is 1. The average molecular weight is 291 g/mol. The number of nitrogens with two attached hydrogens (primary N) is 1. The van der Waals surface area contributed by atoms with Crippen molar-refractivity contribution >= 4 is 27.5 Å². The second kappa shape index (κ2) is 4.79. The molecule has 0 aromatic carbocycles. The van der Waals surface area contributed by atoms with E-state index in [0.29, 0.717) is 12.8 Å². The lowest BCUT2D eigenvalue weighted by Crippen LogP contribution is -2.43. The van der Waals surface area contributed by atoms with Crippen LogP contribution in [0.5, 0.6) is 0 Å². The Bertz CT molecular complexity index is 560. The van der Waals surface area contributed by atoms with Gasteiger partial charge in [-0.25, -0.2) is 18.4 Å². The van der Waals surface area contributed by atoms with Crippen molar-refractivity contribution in [3.8, 4) is 0 Å². The highest BCUT2D eigenvalue weighted by molar-refractivity contribution is 7.89. The highest BCUT2D eigenvalue weighted by Gasteiger charge is 2.38. The fourth-order valence-electron chi connectivity index (χ4n) is 1.88. The molecule has 9 heteroatoms. The molecule has 1 aromatic heterocycles. The first kappa shape index (κ1) is 13.2. The summed E-state index contributed by atoms with van der Waals surface area (Å²) in [6.45, 7) is 0.262. The van der Waals surface area contributed by atoms with E-state index in [4.69, 9.17) is 17.3 Å². The predicted octanol–water partition coefficient (Wildman–Crippen LogP) is -0.232. The fraction of sp³-hybridized carbons (Fsp3) is 0.444. The van der Waals surface area contributed by atoms with E-state index in [-0.39, 0.29) is 16.7 Å². The lowest BCUT2D eigenvalue weighted by Gasteiger charge is -2.21. The first-order valence-electron chi connectivity index (χ1n) is 5.21. The number of nitrogens with zero attached hydrogens (tertiary/aromatic N) is 3. The Kier molecular flexibility index (Phi) is 3.51. The molecule has 1 amide bonds. The summed E-state index contributed by atoms with van der Waals surface area (Å²) in [5.41, 5.74) is 5.19. The molecule has 0 spiro atoms. The van der Waals surface area contributed by atoms with Gasteiger partial charge in [0.2, 0.25) is 21.2 Å². The fourth-order valence-corrected chi connectivity index (χ4v) is 3.54. The van der Waals surface area contributed by atoms with Crippen molar-refractivity contribution in [2.45, 2.75) is 23.8 Å². The number of aromatic nitrogens is 2. The summed E-state index contributed by atoms with van der Waals surface area (Å²) in [7, 11) is -3.80. The van der Waals surface area contributed by atoms with Crippen molar-refractivity contribution in [1.82, 2.24) is 14.3 Å². The van der Waals surface area contributed by atoms with Crippen molar-refractivity contribution in [3.63, 3.8) is 0 Å². The molecule has 1 fully saturated rings. The van der Waals surface area contributed by atoms with Crippen molar-refractivity contribution in [3.05, 3.63) is 17.7 Å². The zero-order chi connectivity index (χ0) is 13.3. The second-order valence-corrected chi connectivity index (χ2v) is 6.09. The zero-order valence-corrected chi connectivity index (χ0v) is 10.9. The number of carbonyl (C=O) groups is 1. The van der Waals surface area contributed by atoms with Crippen LogP contribution in [0.25, 0.3) is 0 Å². The third kappa shape index (κ3) is 2.31. The highest BCUT2D eigenvalue weighted by atomic mass is 35.5. The third-order valence-electron chi connectivity index (χ3n) is 2.74. The minimum absolute atomic E-state index is 0.0400. The molecule has 1 aliphatic rings. The Morgan fingerprint density at radius 2 is 2.06 bits per heavy atom. The topological polar surface area (TPSA) is 106 Å². The van der Waals surface area contributed by atoms with E-state index in [1.807, 2.05) is 0 Å². The third-order valence-corrected chi connectivity index (χ3v) is 4.79. The molecule has 0 aliphatic carbocycles. The van der Waals surface area contributed by atoms with Crippen LogP contribution in [0.2, 0.25) is 5.28 Å². The van der Waals surface area contributed by atoms with Gasteiger partial charge >= 0.3 is 0 Å². The van der Waals surface area contributed by atoms with E-state index < -0.39 is 22.0 Å². The van der Waals surface area contributed by atoms with Gasteiger partial charge in [0, 0.05) is 6.54 Å². The molecule has 1 aromatic rings. The largest absolute Gasteiger partial charge is 0.368 e. The Morgan fingerprint density at radius 3 is 2.61 bits per heavy atom. The smallest absolute Gasteiger partial charge is 0.246 e. The minimum atomic E-state index is -3.80. The van der Waals surface area contributed by atoms with Gasteiger partial charge < -0.3 is 5.73 Å². The zero-order valence-electron chi connectivity index (χ0n) is 9.28. The molecular formula is C9H11ClN4O3S. The second-order valence-electron chi connectivity index (χ2n) is 3.86. The molecular weight excluding hydrogens is 280 g/mol. The number of sulfonamides is 1. The maximum Gasteiger partial charge on any atom is 0.246 e. The summed E-state index contributed by atoms with van der Waals surface area (Å²) < 4.78 is 25.6. The molecule has 98 valence electrons. The quantitative estimate of drug-likeness (QED) is 0.774. The molecule has 1 unspecified atom stereocenters. The van der Waals surface area contributed by atoms with E-state index in [9.17, 15) is 13.2 Å². The van der Waals surface area contributed by atoms with Crippen molar-refractivity contribution in [2.24, 2.45) is 5.73 Å². The number of halogens is 1. The molecule has 7 nitrogen and oxygen atoms in total. The number of hydrogen-bond acceptors (Lipinski definition) is 5. The van der Waals surface area contributed by atoms with Gasteiger partial charge in [0.05, 0.1) is 12.4 Å². The van der Waals surface area contributed by atoms with Crippen LogP contribution in [0, 0.1) is 0 Å². The molecule has 2 heterocycles. The van der Waals surface area contributed by atoms with Crippen LogP contribution < -0.4 is 5.73 Å². The van der Waals surface area contributed by atoms with Gasteiger partial charge in [-0.15, -0.1) is 0 Å². The first-order chi connectivity index (χ1) is 8.43. The van der Waals surface area contributed by atoms with Crippen LogP contribution >= 0.6 is 11.6 Å². The highest BCUT2D eigenvalue weighted by Crippen LogP contribution is 2.25. The van der Waals surface area contributed by atoms with Gasteiger partial charge in [0.15, 0.2) is 0 Å². The number of rotatable bonds is 3. The lowest BCUT2D eigenvalue weighted by molar-refractivity contribution is -0.121. The summed E-state index contributed by atoms with van der Waals surface area (Å²) in [6, 6.07) is -0.800. The average Bonchev–Trinajstić information content (AvgIpc) is 2.79. The van der Waals surface area contributed by atoms with Crippen LogP contribution in [0.15, 0.2) is 17.3 Å². The van der Waals surface area contributed by atoms with Gasteiger partial charge in [0.1, 0.15) is 10.9 Å². The van der Waals surface area contributed by atoms with Crippen LogP contribution in [0.4, 0.5) is 0 Å². The Balaban J connectivity index is 2.36. The number of amides is 1. The van der Waals surface area contributed by atoms with Crippen molar-refractivity contribution in [2.75, 3.05) is 6.54 Å². The molecule has 0 bridgehead atoms. The molecule has 0 saturated carbocycles. The predicted molar refractivity (Wildman–Crippen MR) is 63.2 cm³/mol. The first-order valence-corrected chi connectivity index (χ1v) is 7.03. The van der Waals surface area contributed by atoms with Gasteiger partial charge in [-0.3, -0.25) is 4.79 Å². The Labute approximate surface area is 109 Å². The SMILES string of the molecule is NC(=O)C1CCCN1S(=O)(=O)c1cnc(Cl)nc1. The van der Waals surface area contributed by atoms with Crippen LogP contribution in [-0.2, 0) is 14.8 Å².